The van der Waals surface area contributed by atoms with Crippen LogP contribution in [0.3, 0.4) is 0 Å². The minimum atomic E-state index is -4.73. The van der Waals surface area contributed by atoms with Gasteiger partial charge in [-0.1, -0.05) is 11.3 Å². The Bertz CT molecular complexity index is 1050. The molecule has 0 aromatic carbocycles. The third kappa shape index (κ3) is 6.44. The van der Waals surface area contributed by atoms with Gasteiger partial charge in [-0.25, -0.2) is 9.97 Å². The van der Waals surface area contributed by atoms with Gasteiger partial charge in [-0.15, -0.1) is 0 Å². The van der Waals surface area contributed by atoms with Crippen molar-refractivity contribution >= 4 is 39.9 Å². The topological polar surface area (TPSA) is 90.9 Å². The van der Waals surface area contributed by atoms with Crippen LogP contribution in [0, 0.1) is 0 Å². The summed E-state index contributed by atoms with van der Waals surface area (Å²) in [6.45, 7) is 6.30. The lowest BCUT2D eigenvalue weighted by Crippen LogP contribution is -2.48. The predicted octanol–water partition coefficient (Wildman–Crippen LogP) is 3.48. The second-order valence-electron chi connectivity index (χ2n) is 8.65. The van der Waals surface area contributed by atoms with E-state index in [1.807, 2.05) is 14.7 Å². The van der Waals surface area contributed by atoms with E-state index in [9.17, 15) is 22.8 Å². The molecule has 196 valence electrons. The molecule has 0 bridgehead atoms. The minimum Gasteiger partial charge on any atom is -0.465 e. The Labute approximate surface area is 211 Å². The van der Waals surface area contributed by atoms with E-state index in [1.54, 1.807) is 19.1 Å². The number of halogens is 3. The number of alkyl halides is 3. The van der Waals surface area contributed by atoms with E-state index in [0.29, 0.717) is 57.4 Å². The van der Waals surface area contributed by atoms with Crippen LogP contribution in [0.5, 0.6) is 0 Å². The number of nitrogens with zero attached hydrogens (tertiary/aromatic N) is 5. The first-order valence-electron chi connectivity index (χ1n) is 12.0. The molecule has 0 unspecified atom stereocenters. The Hall–Kier alpha value is -2.93. The average Bonchev–Trinajstić information content (AvgIpc) is 3.33. The lowest BCUT2D eigenvalue weighted by Gasteiger charge is -2.34. The van der Waals surface area contributed by atoms with E-state index in [4.69, 9.17) is 4.74 Å². The van der Waals surface area contributed by atoms with Gasteiger partial charge >= 0.3 is 12.1 Å². The van der Waals surface area contributed by atoms with Crippen LogP contribution in [0.25, 0.3) is 0 Å². The molecule has 2 saturated heterocycles. The van der Waals surface area contributed by atoms with Crippen molar-refractivity contribution in [1.29, 1.82) is 0 Å². The van der Waals surface area contributed by atoms with E-state index in [1.165, 1.54) is 6.20 Å². The van der Waals surface area contributed by atoms with E-state index in [2.05, 4.69) is 15.3 Å². The molecule has 0 aliphatic carbocycles. The standard InChI is InChI=1S/C23H29F3N6O3S/c1-2-35-18(33)15-30-10-12-31(13-11-30)17-7-6-16(14-27-17)28-21(34)19-20(23(24,25)26)29-22(36-19)32-8-4-3-5-9-32/h6-7,14H,2-5,8-13,15H2,1H3,(H,28,34). The number of pyridine rings is 1. The highest BCUT2D eigenvalue weighted by atomic mass is 32.1. The summed E-state index contributed by atoms with van der Waals surface area (Å²) in [6, 6.07) is 3.33. The van der Waals surface area contributed by atoms with E-state index in [-0.39, 0.29) is 17.6 Å². The number of ether oxygens (including phenoxy) is 1. The van der Waals surface area contributed by atoms with Crippen molar-refractivity contribution in [1.82, 2.24) is 14.9 Å². The van der Waals surface area contributed by atoms with Crippen LogP contribution in [0.4, 0.5) is 29.8 Å². The number of rotatable bonds is 7. The zero-order valence-electron chi connectivity index (χ0n) is 20.0. The van der Waals surface area contributed by atoms with Crippen molar-refractivity contribution in [2.24, 2.45) is 0 Å². The smallest absolute Gasteiger partial charge is 0.435 e. The van der Waals surface area contributed by atoms with E-state index < -0.39 is 22.7 Å². The van der Waals surface area contributed by atoms with Crippen LogP contribution in [-0.4, -0.2) is 79.2 Å². The number of nitrogens with one attached hydrogen (secondary N) is 1. The SMILES string of the molecule is CCOC(=O)CN1CCN(c2ccc(NC(=O)c3sc(N4CCCCC4)nc3C(F)(F)F)cn2)CC1. The van der Waals surface area contributed by atoms with Gasteiger partial charge in [-0.2, -0.15) is 13.2 Å². The highest BCUT2D eigenvalue weighted by molar-refractivity contribution is 7.17. The maximum atomic E-state index is 13.6. The number of thiazole rings is 1. The summed E-state index contributed by atoms with van der Waals surface area (Å²) in [7, 11) is 0. The van der Waals surface area contributed by atoms with Gasteiger partial charge in [-0.3, -0.25) is 14.5 Å². The number of piperidine rings is 1. The molecular weight excluding hydrogens is 497 g/mol. The van der Waals surface area contributed by atoms with Gasteiger partial charge in [-0.05, 0) is 38.3 Å². The van der Waals surface area contributed by atoms with Gasteiger partial charge in [0.25, 0.3) is 5.91 Å². The molecule has 2 aromatic heterocycles. The molecule has 2 aliphatic heterocycles. The van der Waals surface area contributed by atoms with Crippen molar-refractivity contribution in [3.8, 4) is 0 Å². The number of anilines is 3. The number of hydrogen-bond donors (Lipinski definition) is 1. The molecule has 0 spiro atoms. The number of esters is 1. The first-order valence-corrected chi connectivity index (χ1v) is 12.8. The summed E-state index contributed by atoms with van der Waals surface area (Å²) >= 11 is 0.770. The average molecular weight is 527 g/mol. The summed E-state index contributed by atoms with van der Waals surface area (Å²) in [5.41, 5.74) is -0.860. The van der Waals surface area contributed by atoms with Crippen molar-refractivity contribution in [2.75, 3.05) is 67.5 Å². The Kier molecular flexibility index (Phi) is 8.29. The van der Waals surface area contributed by atoms with Crippen LogP contribution in [0.15, 0.2) is 18.3 Å². The number of aromatic nitrogens is 2. The van der Waals surface area contributed by atoms with Crippen molar-refractivity contribution in [2.45, 2.75) is 32.4 Å². The highest BCUT2D eigenvalue weighted by Gasteiger charge is 2.40. The van der Waals surface area contributed by atoms with Crippen molar-refractivity contribution < 1.29 is 27.5 Å². The van der Waals surface area contributed by atoms with Crippen LogP contribution in [0.2, 0.25) is 0 Å². The third-order valence-electron chi connectivity index (χ3n) is 6.08. The normalized spacial score (nSPS) is 17.2. The molecule has 2 fully saturated rings. The first kappa shape index (κ1) is 26.1. The van der Waals surface area contributed by atoms with Gasteiger partial charge in [0.05, 0.1) is 25.0 Å². The molecule has 1 amide bonds. The number of amides is 1. The molecule has 9 nitrogen and oxygen atoms in total. The Balaban J connectivity index is 1.38. The zero-order valence-corrected chi connectivity index (χ0v) is 20.8. The fourth-order valence-corrected chi connectivity index (χ4v) is 5.27. The molecule has 0 radical (unpaired) electrons. The second-order valence-corrected chi connectivity index (χ2v) is 9.62. The lowest BCUT2D eigenvalue weighted by atomic mass is 10.1. The number of carbonyl (C=O) groups excluding carboxylic acids is 2. The number of hydrogen-bond acceptors (Lipinski definition) is 9. The predicted molar refractivity (Wildman–Crippen MR) is 131 cm³/mol. The maximum absolute atomic E-state index is 13.6. The highest BCUT2D eigenvalue weighted by Crippen LogP contribution is 2.38. The van der Waals surface area contributed by atoms with Gasteiger partial charge < -0.3 is 19.9 Å². The Morgan fingerprint density at radius 2 is 1.78 bits per heavy atom. The van der Waals surface area contributed by atoms with Gasteiger partial charge in [0.15, 0.2) is 10.8 Å². The fraction of sp³-hybridized carbons (Fsp3) is 0.565. The van der Waals surface area contributed by atoms with Gasteiger partial charge in [0.1, 0.15) is 10.7 Å². The van der Waals surface area contributed by atoms with Crippen LogP contribution in [0.1, 0.15) is 41.6 Å². The molecule has 2 aliphatic rings. The number of carbonyl (C=O) groups is 2. The van der Waals surface area contributed by atoms with E-state index in [0.717, 1.165) is 30.6 Å². The van der Waals surface area contributed by atoms with E-state index >= 15 is 0 Å². The van der Waals surface area contributed by atoms with Gasteiger partial charge in [0.2, 0.25) is 0 Å². The largest absolute Gasteiger partial charge is 0.465 e. The lowest BCUT2D eigenvalue weighted by molar-refractivity contribution is -0.144. The minimum absolute atomic E-state index is 0.225. The molecule has 2 aromatic rings. The second kappa shape index (κ2) is 11.4. The molecule has 4 rings (SSSR count). The third-order valence-corrected chi connectivity index (χ3v) is 7.19. The summed E-state index contributed by atoms with van der Waals surface area (Å²) < 4.78 is 45.8. The molecular formula is C23H29F3N6O3S. The first-order chi connectivity index (χ1) is 17.2. The number of piperazine rings is 1. The molecule has 0 saturated carbocycles. The summed E-state index contributed by atoms with van der Waals surface area (Å²) in [4.78, 5) is 38.0. The zero-order chi connectivity index (χ0) is 25.7. The molecule has 1 N–H and O–H groups in total. The van der Waals surface area contributed by atoms with Crippen LogP contribution >= 0.6 is 11.3 Å². The monoisotopic (exact) mass is 526 g/mol. The van der Waals surface area contributed by atoms with Gasteiger partial charge in [0, 0.05) is 39.3 Å². The summed E-state index contributed by atoms with van der Waals surface area (Å²) in [5.74, 6) is -0.419. The van der Waals surface area contributed by atoms with Crippen molar-refractivity contribution in [3.05, 3.63) is 28.9 Å². The molecule has 36 heavy (non-hydrogen) atoms. The molecule has 4 heterocycles. The maximum Gasteiger partial charge on any atom is 0.435 e. The molecule has 13 heteroatoms. The van der Waals surface area contributed by atoms with Crippen LogP contribution < -0.4 is 15.1 Å². The van der Waals surface area contributed by atoms with Crippen LogP contribution in [-0.2, 0) is 15.7 Å². The summed E-state index contributed by atoms with van der Waals surface area (Å²) in [5, 5.41) is 2.75. The summed E-state index contributed by atoms with van der Waals surface area (Å²) in [6.07, 6.45) is -0.484. The van der Waals surface area contributed by atoms with Crippen molar-refractivity contribution in [3.63, 3.8) is 0 Å². The Morgan fingerprint density at radius 1 is 1.06 bits per heavy atom. The Morgan fingerprint density at radius 3 is 2.39 bits per heavy atom. The quantitative estimate of drug-likeness (QED) is 0.549. The fourth-order valence-electron chi connectivity index (χ4n) is 4.23. The molecule has 0 atom stereocenters.